The van der Waals surface area contributed by atoms with Gasteiger partial charge in [0.25, 0.3) is 0 Å². The van der Waals surface area contributed by atoms with Crippen LogP contribution >= 0.6 is 54.7 Å². The average molecular weight is 551 g/mol. The number of hydrogen-bond acceptors (Lipinski definition) is 7. The fourth-order valence-corrected chi connectivity index (χ4v) is 9.76. The van der Waals surface area contributed by atoms with Crippen molar-refractivity contribution in [2.24, 2.45) is 0 Å². The first-order chi connectivity index (χ1) is 16.4. The van der Waals surface area contributed by atoms with Crippen LogP contribution in [-0.2, 0) is 0 Å². The molecular weight excluding hydrogens is 501 g/mol. The van der Waals surface area contributed by atoms with Gasteiger partial charge in [0.05, 0.1) is 0 Å². The Morgan fingerprint density at radius 3 is 1.36 bits per heavy atom. The maximum Gasteiger partial charge on any atom is 0.156 e. The zero-order chi connectivity index (χ0) is 23.7. The molecule has 1 aromatic rings. The summed E-state index contributed by atoms with van der Waals surface area (Å²) in [6, 6.07) is 0. The Hall–Kier alpha value is 0.960. The molecule has 0 amide bonds. The average Bonchev–Trinajstić information content (AvgIpc) is 3.27. The van der Waals surface area contributed by atoms with Gasteiger partial charge in [0, 0.05) is 11.5 Å². The number of aromatic nitrogens is 2. The lowest BCUT2D eigenvalue weighted by Crippen LogP contribution is -1.83. The Balaban J connectivity index is 1.89. The summed E-state index contributed by atoms with van der Waals surface area (Å²) in [6.07, 6.45) is 28.2. The van der Waals surface area contributed by atoms with Crippen LogP contribution in [-0.4, -0.2) is 21.1 Å². The van der Waals surface area contributed by atoms with Crippen molar-refractivity contribution in [1.29, 1.82) is 0 Å². The van der Waals surface area contributed by atoms with Crippen molar-refractivity contribution < 1.29 is 0 Å². The molecule has 1 rings (SSSR count). The van der Waals surface area contributed by atoms with E-state index in [1.807, 2.05) is 43.2 Å². The molecule has 194 valence electrons. The van der Waals surface area contributed by atoms with Gasteiger partial charge in [0.15, 0.2) is 5.03 Å². The second-order valence-corrected chi connectivity index (χ2v) is 14.9. The molecule has 0 saturated heterocycles. The second kappa shape index (κ2) is 26.0. The van der Waals surface area contributed by atoms with Crippen LogP contribution in [0.4, 0.5) is 0 Å². The molecular formula is C26H50N2S5. The highest BCUT2D eigenvalue weighted by atomic mass is 33.1. The molecule has 0 atom stereocenters. The number of nitrogens with zero attached hydrogens (tertiary/aromatic N) is 2. The summed E-state index contributed by atoms with van der Waals surface area (Å²) in [5, 5.41) is 5.49. The van der Waals surface area contributed by atoms with E-state index >= 15 is 0 Å². The van der Waals surface area contributed by atoms with E-state index in [4.69, 9.17) is 0 Å². The highest BCUT2D eigenvalue weighted by molar-refractivity contribution is 8.78. The fourth-order valence-electron chi connectivity index (χ4n) is 3.77. The molecule has 0 spiro atoms. The van der Waals surface area contributed by atoms with Crippen LogP contribution in [0.5, 0.6) is 0 Å². The molecule has 1 aromatic heterocycles. The molecule has 0 N–H and O–H groups in total. The standard InChI is InChI=1S/C26H50N2S5/c1-3-5-7-9-11-13-15-17-19-21-23-29-32-25-26(31-28-27-25)33-30-24-22-20-18-16-14-12-10-8-6-4-2/h3-24H2,1-2H3. The minimum atomic E-state index is 1.14. The first kappa shape index (κ1) is 32.0. The predicted octanol–water partition coefficient (Wildman–Crippen LogP) is 11.9. The highest BCUT2D eigenvalue weighted by Gasteiger charge is 2.10. The Labute approximate surface area is 226 Å². The zero-order valence-electron chi connectivity index (χ0n) is 21.5. The van der Waals surface area contributed by atoms with E-state index in [0.717, 1.165) is 5.03 Å². The Bertz CT molecular complexity index is 470. The third-order valence-corrected chi connectivity index (χ3v) is 12.1. The molecule has 0 fully saturated rings. The maximum atomic E-state index is 4.36. The molecule has 0 aromatic carbocycles. The first-order valence-corrected chi connectivity index (χ1v) is 19.2. The lowest BCUT2D eigenvalue weighted by atomic mass is 10.1. The monoisotopic (exact) mass is 550 g/mol. The van der Waals surface area contributed by atoms with Gasteiger partial charge in [0.2, 0.25) is 0 Å². The van der Waals surface area contributed by atoms with E-state index in [0.29, 0.717) is 0 Å². The van der Waals surface area contributed by atoms with E-state index in [1.165, 1.54) is 144 Å². The molecule has 2 nitrogen and oxygen atoms in total. The van der Waals surface area contributed by atoms with Crippen molar-refractivity contribution in [2.45, 2.75) is 151 Å². The number of hydrogen-bond donors (Lipinski definition) is 0. The molecule has 1 heterocycles. The van der Waals surface area contributed by atoms with E-state index in [9.17, 15) is 0 Å². The van der Waals surface area contributed by atoms with Crippen molar-refractivity contribution >= 4 is 54.7 Å². The van der Waals surface area contributed by atoms with Gasteiger partial charge in [-0.1, -0.05) is 155 Å². The fraction of sp³-hybridized carbons (Fsp3) is 0.923. The lowest BCUT2D eigenvalue weighted by molar-refractivity contribution is 0.563. The minimum absolute atomic E-state index is 1.14. The van der Waals surface area contributed by atoms with Gasteiger partial charge in [-0.05, 0) is 46.0 Å². The summed E-state index contributed by atoms with van der Waals surface area (Å²) in [4.78, 5) is 0. The molecule has 0 bridgehead atoms. The van der Waals surface area contributed by atoms with E-state index in [2.05, 4.69) is 23.4 Å². The van der Waals surface area contributed by atoms with Crippen LogP contribution in [0.1, 0.15) is 142 Å². The van der Waals surface area contributed by atoms with Gasteiger partial charge in [-0.25, -0.2) is 0 Å². The molecule has 7 heteroatoms. The molecule has 33 heavy (non-hydrogen) atoms. The van der Waals surface area contributed by atoms with Gasteiger partial charge >= 0.3 is 0 Å². The van der Waals surface area contributed by atoms with Crippen LogP contribution < -0.4 is 0 Å². The predicted molar refractivity (Wildman–Crippen MR) is 160 cm³/mol. The van der Waals surface area contributed by atoms with Crippen LogP contribution in [0.25, 0.3) is 0 Å². The second-order valence-electron chi connectivity index (χ2n) is 9.04. The van der Waals surface area contributed by atoms with Gasteiger partial charge in [-0.15, -0.1) is 5.10 Å². The van der Waals surface area contributed by atoms with Gasteiger partial charge < -0.3 is 0 Å². The van der Waals surface area contributed by atoms with Gasteiger partial charge in [0.1, 0.15) is 4.21 Å². The lowest BCUT2D eigenvalue weighted by Gasteiger charge is -2.03. The summed E-state index contributed by atoms with van der Waals surface area (Å²) in [5.74, 6) is 2.48. The molecule has 0 aliphatic rings. The minimum Gasteiger partial charge on any atom is -0.129 e. The maximum absolute atomic E-state index is 4.36. The Morgan fingerprint density at radius 1 is 0.515 bits per heavy atom. The molecule has 0 saturated carbocycles. The van der Waals surface area contributed by atoms with Crippen LogP contribution in [0.2, 0.25) is 0 Å². The number of unbranched alkanes of at least 4 members (excludes halogenated alkanes) is 18. The van der Waals surface area contributed by atoms with Crippen molar-refractivity contribution in [3.05, 3.63) is 0 Å². The summed E-state index contributed by atoms with van der Waals surface area (Å²) in [5.41, 5.74) is 0. The third kappa shape index (κ3) is 20.8. The summed E-state index contributed by atoms with van der Waals surface area (Å²) < 4.78 is 5.50. The first-order valence-electron chi connectivity index (χ1n) is 13.8. The molecule has 0 aliphatic heterocycles. The molecule has 0 radical (unpaired) electrons. The summed E-state index contributed by atoms with van der Waals surface area (Å²) >= 11 is 1.56. The smallest absolute Gasteiger partial charge is 0.129 e. The van der Waals surface area contributed by atoms with Gasteiger partial charge in [-0.2, -0.15) is 0 Å². The van der Waals surface area contributed by atoms with E-state index < -0.39 is 0 Å². The SMILES string of the molecule is CCCCCCCCCCCCSSc1nnsc1SSCCCCCCCCCCCC. The van der Waals surface area contributed by atoms with Crippen molar-refractivity contribution in [3.63, 3.8) is 0 Å². The number of rotatable bonds is 26. The topological polar surface area (TPSA) is 25.8 Å². The van der Waals surface area contributed by atoms with Crippen molar-refractivity contribution in [1.82, 2.24) is 9.59 Å². The van der Waals surface area contributed by atoms with E-state index in [1.54, 1.807) is 11.5 Å². The molecule has 0 unspecified atom stereocenters. The van der Waals surface area contributed by atoms with Crippen LogP contribution in [0.3, 0.4) is 0 Å². The van der Waals surface area contributed by atoms with E-state index in [-0.39, 0.29) is 0 Å². The zero-order valence-corrected chi connectivity index (χ0v) is 25.6. The van der Waals surface area contributed by atoms with Crippen molar-refractivity contribution in [3.8, 4) is 0 Å². The summed E-state index contributed by atoms with van der Waals surface area (Å²) in [7, 11) is 7.68. The Morgan fingerprint density at radius 2 is 0.909 bits per heavy atom. The van der Waals surface area contributed by atoms with Gasteiger partial charge in [-0.3, -0.25) is 0 Å². The van der Waals surface area contributed by atoms with Crippen molar-refractivity contribution in [2.75, 3.05) is 11.5 Å². The third-order valence-electron chi connectivity index (χ3n) is 5.86. The van der Waals surface area contributed by atoms with Crippen LogP contribution in [0.15, 0.2) is 9.24 Å². The van der Waals surface area contributed by atoms with Crippen LogP contribution in [0, 0.1) is 0 Å². The normalized spacial score (nSPS) is 11.5. The quantitative estimate of drug-likeness (QED) is 0.0840. The summed E-state index contributed by atoms with van der Waals surface area (Å²) in [6.45, 7) is 4.58. The molecule has 0 aliphatic carbocycles. The highest BCUT2D eigenvalue weighted by Crippen LogP contribution is 2.43. The largest absolute Gasteiger partial charge is 0.156 e. The Kier molecular flexibility index (Phi) is 25.2.